The lowest BCUT2D eigenvalue weighted by molar-refractivity contribution is -0.144. The first-order valence-corrected chi connectivity index (χ1v) is 6.61. The molecule has 2 aliphatic heterocycles. The number of carbonyl (C=O) groups excluding carboxylic acids is 1. The smallest absolute Gasteiger partial charge is 0.332 e. The SMILES string of the molecule is CN1CCCC1CNC(=O)NC1(C(=O)O)CCOC1. The number of hydrogen-bond acceptors (Lipinski definition) is 4. The van der Waals surface area contributed by atoms with Gasteiger partial charge in [0.05, 0.1) is 6.61 Å². The Morgan fingerprint density at radius 1 is 1.53 bits per heavy atom. The minimum absolute atomic E-state index is 0.0269. The van der Waals surface area contributed by atoms with E-state index < -0.39 is 17.5 Å². The predicted octanol–water partition coefficient (Wildman–Crippen LogP) is -0.376. The molecule has 0 bridgehead atoms. The first-order chi connectivity index (χ1) is 9.03. The van der Waals surface area contributed by atoms with Gasteiger partial charge >= 0.3 is 12.0 Å². The van der Waals surface area contributed by atoms with Gasteiger partial charge in [-0.15, -0.1) is 0 Å². The summed E-state index contributed by atoms with van der Waals surface area (Å²) >= 11 is 0. The third-order valence-corrected chi connectivity index (χ3v) is 3.95. The molecule has 2 aliphatic rings. The predicted molar refractivity (Wildman–Crippen MR) is 68.0 cm³/mol. The monoisotopic (exact) mass is 271 g/mol. The summed E-state index contributed by atoms with van der Waals surface area (Å²) < 4.78 is 5.09. The molecule has 2 atom stereocenters. The number of urea groups is 1. The Hall–Kier alpha value is -1.34. The van der Waals surface area contributed by atoms with E-state index in [1.807, 2.05) is 7.05 Å². The van der Waals surface area contributed by atoms with Gasteiger partial charge in [0.2, 0.25) is 0 Å². The summed E-state index contributed by atoms with van der Waals surface area (Å²) in [7, 11) is 2.03. The van der Waals surface area contributed by atoms with Gasteiger partial charge in [0, 0.05) is 25.6 Å². The van der Waals surface area contributed by atoms with E-state index in [2.05, 4.69) is 15.5 Å². The fraction of sp³-hybridized carbons (Fsp3) is 0.833. The molecule has 108 valence electrons. The lowest BCUT2D eigenvalue weighted by Gasteiger charge is -2.25. The number of aliphatic carboxylic acids is 1. The Morgan fingerprint density at radius 2 is 2.32 bits per heavy atom. The van der Waals surface area contributed by atoms with Gasteiger partial charge in [-0.1, -0.05) is 0 Å². The van der Waals surface area contributed by atoms with E-state index in [0.29, 0.717) is 25.6 Å². The van der Waals surface area contributed by atoms with Crippen LogP contribution in [0.4, 0.5) is 4.79 Å². The second kappa shape index (κ2) is 5.75. The molecule has 2 fully saturated rings. The zero-order chi connectivity index (χ0) is 13.9. The Bertz CT molecular complexity index is 355. The molecule has 7 heteroatoms. The van der Waals surface area contributed by atoms with Crippen LogP contribution in [0.1, 0.15) is 19.3 Å². The zero-order valence-electron chi connectivity index (χ0n) is 11.1. The van der Waals surface area contributed by atoms with Gasteiger partial charge in [-0.05, 0) is 26.4 Å². The van der Waals surface area contributed by atoms with Crippen molar-refractivity contribution in [2.75, 3.05) is 33.4 Å². The van der Waals surface area contributed by atoms with Crippen molar-refractivity contribution in [3.05, 3.63) is 0 Å². The number of carboxylic acids is 1. The zero-order valence-corrected chi connectivity index (χ0v) is 11.1. The highest BCUT2D eigenvalue weighted by Gasteiger charge is 2.44. The van der Waals surface area contributed by atoms with Gasteiger partial charge in [0.15, 0.2) is 5.54 Å². The maximum Gasteiger partial charge on any atom is 0.332 e. The third-order valence-electron chi connectivity index (χ3n) is 3.95. The molecule has 7 nitrogen and oxygen atoms in total. The highest BCUT2D eigenvalue weighted by molar-refractivity contribution is 5.86. The second-order valence-electron chi connectivity index (χ2n) is 5.30. The molecule has 0 saturated carbocycles. The molecule has 2 unspecified atom stereocenters. The minimum atomic E-state index is -1.27. The summed E-state index contributed by atoms with van der Waals surface area (Å²) in [4.78, 5) is 25.3. The van der Waals surface area contributed by atoms with Gasteiger partial charge in [-0.25, -0.2) is 9.59 Å². The molecule has 2 rings (SSSR count). The first kappa shape index (κ1) is 14.1. The van der Waals surface area contributed by atoms with Crippen LogP contribution in [-0.2, 0) is 9.53 Å². The topological polar surface area (TPSA) is 90.9 Å². The fourth-order valence-electron chi connectivity index (χ4n) is 2.59. The van der Waals surface area contributed by atoms with E-state index in [1.54, 1.807) is 0 Å². The molecule has 3 N–H and O–H groups in total. The Labute approximate surface area is 112 Å². The molecule has 0 radical (unpaired) electrons. The summed E-state index contributed by atoms with van der Waals surface area (Å²) in [5.74, 6) is -1.04. The number of rotatable bonds is 4. The number of amides is 2. The van der Waals surface area contributed by atoms with E-state index in [9.17, 15) is 14.7 Å². The van der Waals surface area contributed by atoms with Crippen molar-refractivity contribution < 1.29 is 19.4 Å². The van der Waals surface area contributed by atoms with Crippen molar-refractivity contribution in [1.29, 1.82) is 0 Å². The van der Waals surface area contributed by atoms with Crippen LogP contribution in [0, 0.1) is 0 Å². The van der Waals surface area contributed by atoms with E-state index >= 15 is 0 Å². The second-order valence-corrected chi connectivity index (χ2v) is 5.30. The quantitative estimate of drug-likeness (QED) is 0.648. The van der Waals surface area contributed by atoms with Crippen LogP contribution < -0.4 is 10.6 Å². The molecule has 0 aromatic heterocycles. The summed E-state index contributed by atoms with van der Waals surface area (Å²) in [5.41, 5.74) is -1.27. The number of carbonyl (C=O) groups is 2. The summed E-state index contributed by atoms with van der Waals surface area (Å²) in [6.07, 6.45) is 2.50. The number of ether oxygens (including phenoxy) is 1. The lowest BCUT2D eigenvalue weighted by Crippen LogP contribution is -2.58. The van der Waals surface area contributed by atoms with Gasteiger partial charge in [0.1, 0.15) is 0 Å². The molecule has 19 heavy (non-hydrogen) atoms. The number of hydrogen-bond donors (Lipinski definition) is 3. The lowest BCUT2D eigenvalue weighted by atomic mass is 9.99. The Balaban J connectivity index is 1.81. The van der Waals surface area contributed by atoms with Crippen LogP contribution in [0.2, 0.25) is 0 Å². The molecular formula is C12H21N3O4. The standard InChI is InChI=1S/C12H21N3O4/c1-15-5-2-3-9(15)7-13-11(18)14-12(10(16)17)4-6-19-8-12/h9H,2-8H2,1H3,(H,16,17)(H2,13,14,18). The van der Waals surface area contributed by atoms with Crippen LogP contribution in [0.15, 0.2) is 0 Å². The maximum absolute atomic E-state index is 11.8. The number of nitrogens with zero attached hydrogens (tertiary/aromatic N) is 1. The van der Waals surface area contributed by atoms with Gasteiger partial charge < -0.3 is 25.4 Å². The van der Waals surface area contributed by atoms with E-state index in [-0.39, 0.29) is 6.61 Å². The molecule has 0 aliphatic carbocycles. The molecule has 2 heterocycles. The summed E-state index contributed by atoms with van der Waals surface area (Å²) in [6.45, 7) is 1.97. The Kier molecular flexibility index (Phi) is 4.26. The van der Waals surface area contributed by atoms with E-state index in [4.69, 9.17) is 4.74 Å². The number of carboxylic acid groups (broad SMARTS) is 1. The van der Waals surface area contributed by atoms with Crippen LogP contribution >= 0.6 is 0 Å². The van der Waals surface area contributed by atoms with Gasteiger partial charge in [-0.3, -0.25) is 0 Å². The van der Waals surface area contributed by atoms with Crippen molar-refractivity contribution in [3.8, 4) is 0 Å². The first-order valence-electron chi connectivity index (χ1n) is 6.61. The normalized spacial score (nSPS) is 31.3. The van der Waals surface area contributed by atoms with E-state index in [1.165, 1.54) is 0 Å². The van der Waals surface area contributed by atoms with Crippen molar-refractivity contribution in [2.45, 2.75) is 30.8 Å². The molecule has 2 saturated heterocycles. The molecule has 0 aromatic carbocycles. The van der Waals surface area contributed by atoms with Crippen LogP contribution in [0.3, 0.4) is 0 Å². The highest BCUT2D eigenvalue weighted by Crippen LogP contribution is 2.19. The van der Waals surface area contributed by atoms with Crippen molar-refractivity contribution in [2.24, 2.45) is 0 Å². The summed E-state index contributed by atoms with van der Waals surface area (Å²) in [6, 6.07) is -0.0976. The van der Waals surface area contributed by atoms with Crippen molar-refractivity contribution in [1.82, 2.24) is 15.5 Å². The van der Waals surface area contributed by atoms with Gasteiger partial charge in [-0.2, -0.15) is 0 Å². The largest absolute Gasteiger partial charge is 0.479 e. The fourth-order valence-corrected chi connectivity index (χ4v) is 2.59. The molecule has 0 spiro atoms. The average Bonchev–Trinajstić information content (AvgIpc) is 2.97. The minimum Gasteiger partial charge on any atom is -0.479 e. The van der Waals surface area contributed by atoms with Crippen LogP contribution in [-0.4, -0.2) is 66.9 Å². The molecular weight excluding hydrogens is 250 g/mol. The van der Waals surface area contributed by atoms with E-state index in [0.717, 1.165) is 19.4 Å². The highest BCUT2D eigenvalue weighted by atomic mass is 16.5. The maximum atomic E-state index is 11.8. The van der Waals surface area contributed by atoms with Crippen LogP contribution in [0.5, 0.6) is 0 Å². The molecule has 0 aromatic rings. The average molecular weight is 271 g/mol. The number of likely N-dealkylation sites (tertiary alicyclic amines) is 1. The Morgan fingerprint density at radius 3 is 2.84 bits per heavy atom. The number of nitrogens with one attached hydrogen (secondary N) is 2. The van der Waals surface area contributed by atoms with Crippen molar-refractivity contribution >= 4 is 12.0 Å². The third kappa shape index (κ3) is 3.16. The molecule has 2 amide bonds. The number of likely N-dealkylation sites (N-methyl/N-ethyl adjacent to an activating group) is 1. The van der Waals surface area contributed by atoms with Crippen molar-refractivity contribution in [3.63, 3.8) is 0 Å². The van der Waals surface area contributed by atoms with Gasteiger partial charge in [0.25, 0.3) is 0 Å². The summed E-state index contributed by atoms with van der Waals surface area (Å²) in [5, 5.41) is 14.5. The van der Waals surface area contributed by atoms with Crippen LogP contribution in [0.25, 0.3) is 0 Å².